The largest absolute Gasteiger partial charge is 0.496 e. The minimum absolute atomic E-state index is 0.143. The number of rotatable bonds is 12. The molecule has 0 unspecified atom stereocenters. The van der Waals surface area contributed by atoms with E-state index in [1.54, 1.807) is 50.2 Å². The van der Waals surface area contributed by atoms with E-state index in [0.717, 1.165) is 0 Å². The number of nitrogens with zero attached hydrogens (tertiary/aromatic N) is 2. The lowest BCUT2D eigenvalue weighted by Gasteiger charge is -2.24. The summed E-state index contributed by atoms with van der Waals surface area (Å²) in [4.78, 5) is 66.2. The molecule has 11 nitrogen and oxygen atoms in total. The first-order valence-electron chi connectivity index (χ1n) is 14.0. The number of carbonyl (C=O) groups excluding carboxylic acids is 5. The number of methoxy groups -OCH3 is 2. The molecule has 2 aromatic rings. The second kappa shape index (κ2) is 13.5. The van der Waals surface area contributed by atoms with E-state index >= 15 is 0 Å². The molecular formula is C31H36N2O9. The Morgan fingerprint density at radius 1 is 0.714 bits per heavy atom. The number of hydrogen-bond acceptors (Lipinski definition) is 9. The van der Waals surface area contributed by atoms with E-state index in [0.29, 0.717) is 46.6 Å². The predicted molar refractivity (Wildman–Crippen MR) is 150 cm³/mol. The van der Waals surface area contributed by atoms with Crippen LogP contribution in [0.4, 0.5) is 0 Å². The zero-order chi connectivity index (χ0) is 30.4. The van der Waals surface area contributed by atoms with Gasteiger partial charge in [0.15, 0.2) is 5.78 Å². The fourth-order valence-electron chi connectivity index (χ4n) is 5.40. The van der Waals surface area contributed by atoms with Gasteiger partial charge in [-0.3, -0.25) is 14.4 Å². The average molecular weight is 581 g/mol. The summed E-state index contributed by atoms with van der Waals surface area (Å²) < 4.78 is 21.4. The molecule has 2 aliphatic heterocycles. The first-order valence-corrected chi connectivity index (χ1v) is 14.0. The van der Waals surface area contributed by atoms with Gasteiger partial charge in [-0.2, -0.15) is 0 Å². The third-order valence-corrected chi connectivity index (χ3v) is 7.55. The zero-order valence-electron chi connectivity index (χ0n) is 24.3. The molecule has 0 saturated carbocycles. The van der Waals surface area contributed by atoms with Gasteiger partial charge in [-0.15, -0.1) is 0 Å². The van der Waals surface area contributed by atoms with E-state index in [9.17, 15) is 24.0 Å². The summed E-state index contributed by atoms with van der Waals surface area (Å²) in [6, 6.07) is 8.60. The molecule has 2 aliphatic rings. The third kappa shape index (κ3) is 6.40. The van der Waals surface area contributed by atoms with E-state index in [4.69, 9.17) is 18.9 Å². The maximum atomic E-state index is 13.5. The molecule has 4 rings (SSSR count). The van der Waals surface area contributed by atoms with Crippen molar-refractivity contribution in [2.45, 2.75) is 64.7 Å². The summed E-state index contributed by atoms with van der Waals surface area (Å²) >= 11 is 0. The van der Waals surface area contributed by atoms with Crippen molar-refractivity contribution in [1.29, 1.82) is 0 Å². The molecule has 2 aromatic carbocycles. The minimum Gasteiger partial charge on any atom is -0.496 e. The number of ether oxygens (including phenoxy) is 4. The summed E-state index contributed by atoms with van der Waals surface area (Å²) in [7, 11) is 2.95. The summed E-state index contributed by atoms with van der Waals surface area (Å²) in [6.45, 7) is 4.18. The van der Waals surface area contributed by atoms with Gasteiger partial charge in [0.1, 0.15) is 23.6 Å². The molecule has 0 spiro atoms. The van der Waals surface area contributed by atoms with E-state index in [2.05, 4.69) is 0 Å². The van der Waals surface area contributed by atoms with E-state index in [1.165, 1.54) is 24.0 Å². The van der Waals surface area contributed by atoms with E-state index in [1.807, 2.05) is 0 Å². The van der Waals surface area contributed by atoms with Crippen molar-refractivity contribution >= 4 is 29.5 Å². The molecule has 0 radical (unpaired) electrons. The summed E-state index contributed by atoms with van der Waals surface area (Å²) in [5, 5.41) is 0. The Labute approximate surface area is 244 Å². The van der Waals surface area contributed by atoms with Crippen LogP contribution in [0.5, 0.6) is 11.5 Å². The molecule has 2 atom stereocenters. The van der Waals surface area contributed by atoms with Crippen LogP contribution >= 0.6 is 0 Å². The van der Waals surface area contributed by atoms with Gasteiger partial charge in [-0.05, 0) is 38.8 Å². The molecule has 0 bridgehead atoms. The summed E-state index contributed by atoms with van der Waals surface area (Å²) in [6.07, 6.45) is 1.30. The Bertz CT molecular complexity index is 1270. The van der Waals surface area contributed by atoms with Crippen LogP contribution in [0, 0.1) is 0 Å². The Morgan fingerprint density at radius 3 is 1.48 bits per heavy atom. The van der Waals surface area contributed by atoms with Crippen LogP contribution in [0.1, 0.15) is 66.6 Å². The van der Waals surface area contributed by atoms with Crippen molar-refractivity contribution in [3.05, 3.63) is 58.7 Å². The molecule has 2 heterocycles. The van der Waals surface area contributed by atoms with Crippen molar-refractivity contribution in [2.24, 2.45) is 0 Å². The normalized spacial score (nSPS) is 18.3. The van der Waals surface area contributed by atoms with Crippen LogP contribution < -0.4 is 9.47 Å². The minimum atomic E-state index is -0.655. The predicted octanol–water partition coefficient (Wildman–Crippen LogP) is 3.04. The molecule has 11 heteroatoms. The molecule has 0 aromatic heterocycles. The quantitative estimate of drug-likeness (QED) is 0.275. The van der Waals surface area contributed by atoms with E-state index < -0.39 is 24.0 Å². The third-order valence-electron chi connectivity index (χ3n) is 7.55. The van der Waals surface area contributed by atoms with Crippen LogP contribution in [0.3, 0.4) is 0 Å². The van der Waals surface area contributed by atoms with Gasteiger partial charge in [0.2, 0.25) is 11.8 Å². The first-order chi connectivity index (χ1) is 20.2. The highest BCUT2D eigenvalue weighted by molar-refractivity contribution is 6.09. The number of carbonyl (C=O) groups is 5. The van der Waals surface area contributed by atoms with Crippen LogP contribution in [0.25, 0.3) is 0 Å². The second-order valence-corrected chi connectivity index (χ2v) is 10.0. The number of benzene rings is 2. The van der Waals surface area contributed by atoms with Gasteiger partial charge in [0, 0.05) is 35.1 Å². The monoisotopic (exact) mass is 580 g/mol. The maximum absolute atomic E-state index is 13.5. The van der Waals surface area contributed by atoms with Crippen LogP contribution in [0.2, 0.25) is 0 Å². The fourth-order valence-corrected chi connectivity index (χ4v) is 5.40. The Kier molecular flexibility index (Phi) is 9.82. The SMILES string of the molecule is CCOC(=O)[C@@H]1CCC(=O)N1Cc1ccc(C(=O)c2ccc(CN3C(=O)CC[C@H]3C(=O)OCC)c(OC)c2)cc1OC. The number of hydrogen-bond donors (Lipinski definition) is 0. The first kappa shape index (κ1) is 30.5. The average Bonchev–Trinajstić information content (AvgIpc) is 3.54. The molecule has 2 amide bonds. The fraction of sp³-hybridized carbons (Fsp3) is 0.452. The van der Waals surface area contributed by atoms with Gasteiger partial charge < -0.3 is 28.7 Å². The number of likely N-dealkylation sites (tertiary alicyclic amines) is 2. The summed E-state index contributed by atoms with van der Waals surface area (Å²) in [5.41, 5.74) is 2.02. The smallest absolute Gasteiger partial charge is 0.328 e. The molecule has 2 fully saturated rings. The number of amides is 2. The number of esters is 2. The van der Waals surface area contributed by atoms with Crippen molar-refractivity contribution in [2.75, 3.05) is 27.4 Å². The highest BCUT2D eigenvalue weighted by atomic mass is 16.5. The van der Waals surface area contributed by atoms with Gasteiger partial charge >= 0.3 is 11.9 Å². The topological polar surface area (TPSA) is 129 Å². The van der Waals surface area contributed by atoms with E-state index in [-0.39, 0.29) is 56.7 Å². The highest BCUT2D eigenvalue weighted by Gasteiger charge is 2.38. The molecular weight excluding hydrogens is 544 g/mol. The molecule has 0 N–H and O–H groups in total. The van der Waals surface area contributed by atoms with Gasteiger partial charge in [0.25, 0.3) is 0 Å². The second-order valence-electron chi connectivity index (χ2n) is 10.0. The van der Waals surface area contributed by atoms with Crippen LogP contribution in [-0.2, 0) is 41.7 Å². The van der Waals surface area contributed by atoms with Crippen molar-refractivity contribution in [1.82, 2.24) is 9.80 Å². The molecule has 0 aliphatic carbocycles. The Morgan fingerprint density at radius 2 is 1.12 bits per heavy atom. The standard InChI is InChI=1S/C31H36N2O9/c1-5-41-30(37)23-11-13-27(34)32(23)17-21-9-7-19(15-25(21)39-3)29(36)20-8-10-22(26(16-20)40-4)18-33-24(12-14-28(33)35)31(38)42-6-2/h7-10,15-16,23-24H,5-6,11-14,17-18H2,1-4H3/t23-,24-/m0/s1. The highest BCUT2D eigenvalue weighted by Crippen LogP contribution is 2.31. The van der Waals surface area contributed by atoms with Crippen LogP contribution in [0.15, 0.2) is 36.4 Å². The Balaban J connectivity index is 1.53. The lowest BCUT2D eigenvalue weighted by Crippen LogP contribution is -2.39. The van der Waals surface area contributed by atoms with Crippen molar-refractivity contribution in [3.8, 4) is 11.5 Å². The number of ketones is 1. The molecule has 224 valence electrons. The van der Waals surface area contributed by atoms with Gasteiger partial charge in [0.05, 0.1) is 40.5 Å². The lowest BCUT2D eigenvalue weighted by atomic mass is 9.99. The van der Waals surface area contributed by atoms with Crippen molar-refractivity contribution in [3.63, 3.8) is 0 Å². The molecule has 2 saturated heterocycles. The summed E-state index contributed by atoms with van der Waals surface area (Å²) in [5.74, 6) is -0.631. The maximum Gasteiger partial charge on any atom is 0.328 e. The lowest BCUT2D eigenvalue weighted by molar-refractivity contribution is -0.152. The Hall–Kier alpha value is -4.41. The zero-order valence-corrected chi connectivity index (χ0v) is 24.3. The van der Waals surface area contributed by atoms with Gasteiger partial charge in [-0.25, -0.2) is 9.59 Å². The van der Waals surface area contributed by atoms with Gasteiger partial charge in [-0.1, -0.05) is 24.3 Å². The molecule has 42 heavy (non-hydrogen) atoms. The van der Waals surface area contributed by atoms with Crippen LogP contribution in [-0.4, -0.2) is 78.9 Å². The van der Waals surface area contributed by atoms with Crippen molar-refractivity contribution < 1.29 is 42.9 Å².